The van der Waals surface area contributed by atoms with E-state index in [2.05, 4.69) is 5.32 Å². The smallest absolute Gasteiger partial charge is 0.271 e. The minimum absolute atomic E-state index is 0.0196. The normalized spacial score (nSPS) is 12.2. The molecule has 0 spiro atoms. The Kier molecular flexibility index (Phi) is 9.83. The number of carbonyl (C=O) groups is 2. The van der Waals surface area contributed by atoms with Crippen LogP contribution in [0.1, 0.15) is 38.3 Å². The summed E-state index contributed by atoms with van der Waals surface area (Å²) < 4.78 is 26.3. The van der Waals surface area contributed by atoms with E-state index in [4.69, 9.17) is 11.6 Å². The summed E-state index contributed by atoms with van der Waals surface area (Å²) in [6, 6.07) is 9.51. The molecule has 2 aromatic rings. The number of anilines is 1. The summed E-state index contributed by atoms with van der Waals surface area (Å²) in [4.78, 5) is 38.6. The molecule has 36 heavy (non-hydrogen) atoms. The first-order valence-corrected chi connectivity index (χ1v) is 13.5. The van der Waals surface area contributed by atoms with Gasteiger partial charge in [-0.3, -0.25) is 24.0 Å². The third-order valence-corrected chi connectivity index (χ3v) is 6.81. The molecule has 0 bridgehead atoms. The lowest BCUT2D eigenvalue weighted by Gasteiger charge is -2.33. The van der Waals surface area contributed by atoms with Gasteiger partial charge in [-0.1, -0.05) is 36.7 Å². The Morgan fingerprint density at radius 1 is 1.14 bits per heavy atom. The van der Waals surface area contributed by atoms with Crippen LogP contribution >= 0.6 is 11.6 Å². The van der Waals surface area contributed by atoms with Crippen LogP contribution in [0.4, 0.5) is 11.4 Å². The number of aryl methyl sites for hydroxylation is 1. The van der Waals surface area contributed by atoms with Gasteiger partial charge in [0.05, 0.1) is 16.9 Å². The molecule has 0 heterocycles. The Morgan fingerprint density at radius 3 is 2.25 bits per heavy atom. The topological polar surface area (TPSA) is 130 Å². The van der Waals surface area contributed by atoms with Crippen LogP contribution < -0.4 is 9.62 Å². The number of sulfonamides is 1. The summed E-state index contributed by atoms with van der Waals surface area (Å²) in [5, 5.41) is 14.6. The van der Waals surface area contributed by atoms with E-state index in [0.29, 0.717) is 16.1 Å². The highest BCUT2D eigenvalue weighted by Crippen LogP contribution is 2.28. The number of amides is 2. The summed E-state index contributed by atoms with van der Waals surface area (Å²) in [7, 11) is -4.02. The number of nitro benzene ring substituents is 1. The lowest BCUT2D eigenvalue weighted by Crippen LogP contribution is -2.53. The van der Waals surface area contributed by atoms with Crippen LogP contribution in [-0.4, -0.2) is 54.9 Å². The van der Waals surface area contributed by atoms with Crippen LogP contribution in [-0.2, 0) is 26.2 Å². The zero-order chi connectivity index (χ0) is 27.2. The van der Waals surface area contributed by atoms with Gasteiger partial charge in [-0.25, -0.2) is 8.42 Å². The van der Waals surface area contributed by atoms with E-state index in [0.717, 1.165) is 16.6 Å². The van der Waals surface area contributed by atoms with Gasteiger partial charge in [-0.05, 0) is 50.5 Å². The van der Waals surface area contributed by atoms with E-state index in [1.165, 1.54) is 17.0 Å². The first-order valence-electron chi connectivity index (χ1n) is 11.3. The summed E-state index contributed by atoms with van der Waals surface area (Å²) in [6.07, 6.45) is 1.21. The maximum Gasteiger partial charge on any atom is 0.271 e. The molecule has 0 radical (unpaired) electrons. The quantitative estimate of drug-likeness (QED) is 0.343. The number of nitro groups is 1. The fourth-order valence-corrected chi connectivity index (χ4v) is 4.69. The highest BCUT2D eigenvalue weighted by atomic mass is 35.5. The van der Waals surface area contributed by atoms with Crippen molar-refractivity contribution in [3.05, 3.63) is 68.7 Å². The van der Waals surface area contributed by atoms with Crippen LogP contribution in [0.5, 0.6) is 0 Å². The Balaban J connectivity index is 2.52. The molecular formula is C24H31ClN4O6S. The molecule has 0 fully saturated rings. The Morgan fingerprint density at radius 2 is 1.75 bits per heavy atom. The van der Waals surface area contributed by atoms with Crippen molar-refractivity contribution in [1.29, 1.82) is 0 Å². The van der Waals surface area contributed by atoms with Crippen molar-refractivity contribution in [2.24, 2.45) is 0 Å². The lowest BCUT2D eigenvalue weighted by atomic mass is 10.1. The second-order valence-corrected chi connectivity index (χ2v) is 11.1. The largest absolute Gasteiger partial charge is 0.352 e. The number of nitrogens with one attached hydrogen (secondary N) is 1. The molecule has 2 amide bonds. The zero-order valence-corrected chi connectivity index (χ0v) is 22.5. The molecule has 0 saturated heterocycles. The number of hydrogen-bond acceptors (Lipinski definition) is 6. The van der Waals surface area contributed by atoms with Crippen molar-refractivity contribution in [3.63, 3.8) is 0 Å². The van der Waals surface area contributed by atoms with Gasteiger partial charge in [0.2, 0.25) is 21.8 Å². The third-order valence-electron chi connectivity index (χ3n) is 5.43. The molecule has 0 saturated carbocycles. The summed E-state index contributed by atoms with van der Waals surface area (Å²) in [5.74, 6) is -1.00. The Hall–Kier alpha value is -3.18. The van der Waals surface area contributed by atoms with Crippen molar-refractivity contribution in [2.45, 2.75) is 52.7 Å². The van der Waals surface area contributed by atoms with Crippen LogP contribution in [0.2, 0.25) is 5.02 Å². The molecular weight excluding hydrogens is 508 g/mol. The number of rotatable bonds is 11. The monoisotopic (exact) mass is 538 g/mol. The van der Waals surface area contributed by atoms with Crippen LogP contribution in [0.3, 0.4) is 0 Å². The maximum atomic E-state index is 13.6. The number of benzene rings is 2. The molecule has 0 aliphatic heterocycles. The fourth-order valence-electron chi connectivity index (χ4n) is 3.66. The molecule has 12 heteroatoms. The van der Waals surface area contributed by atoms with E-state index < -0.39 is 33.4 Å². The Labute approximate surface area is 216 Å². The van der Waals surface area contributed by atoms with Crippen LogP contribution in [0.15, 0.2) is 42.5 Å². The van der Waals surface area contributed by atoms with Gasteiger partial charge in [0.15, 0.2) is 0 Å². The highest BCUT2D eigenvalue weighted by molar-refractivity contribution is 7.92. The Bertz CT molecular complexity index is 1220. The van der Waals surface area contributed by atoms with E-state index >= 15 is 0 Å². The molecule has 1 N–H and O–H groups in total. The number of nitrogens with zero attached hydrogens (tertiary/aromatic N) is 3. The number of hydrogen-bond donors (Lipinski definition) is 1. The minimum atomic E-state index is -4.02. The molecule has 1 atom stereocenters. The van der Waals surface area contributed by atoms with Crippen molar-refractivity contribution < 1.29 is 22.9 Å². The van der Waals surface area contributed by atoms with E-state index in [1.807, 2.05) is 0 Å². The molecule has 0 unspecified atom stereocenters. The molecule has 0 aromatic heterocycles. The van der Waals surface area contributed by atoms with E-state index in [-0.39, 0.29) is 36.3 Å². The average Bonchev–Trinajstić information content (AvgIpc) is 2.77. The lowest BCUT2D eigenvalue weighted by molar-refractivity contribution is -0.384. The second kappa shape index (κ2) is 12.2. The number of non-ortho nitro benzene ring substituents is 1. The highest BCUT2D eigenvalue weighted by Gasteiger charge is 2.32. The second-order valence-electron chi connectivity index (χ2n) is 8.73. The van der Waals surface area contributed by atoms with Crippen molar-refractivity contribution >= 4 is 44.8 Å². The molecule has 196 valence electrons. The van der Waals surface area contributed by atoms with Crippen molar-refractivity contribution in [1.82, 2.24) is 10.2 Å². The summed E-state index contributed by atoms with van der Waals surface area (Å²) in [6.45, 7) is 6.34. The van der Waals surface area contributed by atoms with Gasteiger partial charge in [0, 0.05) is 29.7 Å². The first kappa shape index (κ1) is 29.1. The molecule has 2 rings (SSSR count). The average molecular weight is 539 g/mol. The van der Waals surface area contributed by atoms with Crippen molar-refractivity contribution in [2.75, 3.05) is 17.1 Å². The van der Waals surface area contributed by atoms with Gasteiger partial charge < -0.3 is 10.2 Å². The summed E-state index contributed by atoms with van der Waals surface area (Å²) in [5.41, 5.74) is 0.845. The van der Waals surface area contributed by atoms with E-state index in [9.17, 15) is 28.1 Å². The number of carbonyl (C=O) groups excluding carboxylic acids is 2. The van der Waals surface area contributed by atoms with Gasteiger partial charge in [0.1, 0.15) is 12.6 Å². The SMILES string of the molecule is CC[C@H](C(=O)NC(C)C)N(Cc1ccc(Cl)cc1)C(=O)CN(c1cc([N+](=O)[O-])ccc1C)S(C)(=O)=O. The van der Waals surface area contributed by atoms with E-state index in [1.54, 1.807) is 52.0 Å². The van der Waals surface area contributed by atoms with Gasteiger partial charge >= 0.3 is 0 Å². The first-order chi connectivity index (χ1) is 16.7. The van der Waals surface area contributed by atoms with Gasteiger partial charge in [-0.15, -0.1) is 0 Å². The van der Waals surface area contributed by atoms with Crippen LogP contribution in [0.25, 0.3) is 0 Å². The fraction of sp³-hybridized carbons (Fsp3) is 0.417. The molecule has 0 aliphatic rings. The standard InChI is InChI=1S/C24H31ClN4O6S/c1-6-21(24(31)26-16(2)3)27(14-18-8-10-19(25)11-9-18)23(30)15-28(36(5,34)35)22-13-20(29(32)33)12-7-17(22)4/h7-13,16,21H,6,14-15H2,1-5H3,(H,26,31)/t21-/m1/s1. The van der Waals surface area contributed by atoms with Gasteiger partial charge in [-0.2, -0.15) is 0 Å². The van der Waals surface area contributed by atoms with Crippen LogP contribution in [0, 0.1) is 17.0 Å². The molecule has 2 aromatic carbocycles. The predicted molar refractivity (Wildman–Crippen MR) is 139 cm³/mol. The minimum Gasteiger partial charge on any atom is -0.352 e. The third kappa shape index (κ3) is 7.66. The number of halogens is 1. The molecule has 0 aliphatic carbocycles. The zero-order valence-electron chi connectivity index (χ0n) is 20.9. The summed E-state index contributed by atoms with van der Waals surface area (Å²) >= 11 is 5.98. The molecule has 10 nitrogen and oxygen atoms in total. The van der Waals surface area contributed by atoms with Crippen molar-refractivity contribution in [3.8, 4) is 0 Å². The predicted octanol–water partition coefficient (Wildman–Crippen LogP) is 3.65. The maximum absolute atomic E-state index is 13.6. The van der Waals surface area contributed by atoms with Gasteiger partial charge in [0.25, 0.3) is 5.69 Å².